The van der Waals surface area contributed by atoms with Crippen molar-refractivity contribution in [2.75, 3.05) is 44.9 Å². The van der Waals surface area contributed by atoms with Crippen LogP contribution < -0.4 is 10.6 Å². The summed E-state index contributed by atoms with van der Waals surface area (Å²) in [6, 6.07) is 27.5. The highest BCUT2D eigenvalue weighted by Gasteiger charge is 2.35. The Kier molecular flexibility index (Phi) is 18.0. The van der Waals surface area contributed by atoms with E-state index in [2.05, 4.69) is 37.0 Å². The number of pyridine rings is 2. The Labute approximate surface area is 482 Å². The van der Waals surface area contributed by atoms with Crippen molar-refractivity contribution in [1.82, 2.24) is 34.5 Å². The lowest BCUT2D eigenvalue weighted by Crippen LogP contribution is -2.36. The molecule has 2 saturated heterocycles. The Morgan fingerprint density at radius 2 is 0.939 bits per heavy atom. The molecule has 18 heteroatoms. The minimum Gasteiger partial charge on any atom is -0.459 e. The second-order valence-electron chi connectivity index (χ2n) is 21.2. The normalized spacial score (nSPS) is 16.6. The van der Waals surface area contributed by atoms with E-state index in [0.29, 0.717) is 44.4 Å². The Hall–Kier alpha value is -8.64. The van der Waals surface area contributed by atoms with E-state index in [0.717, 1.165) is 128 Å². The lowest BCUT2D eigenvalue weighted by atomic mass is 10.1. The lowest BCUT2D eigenvalue weighted by molar-refractivity contribution is -0.126. The van der Waals surface area contributed by atoms with Gasteiger partial charge in [-0.25, -0.2) is 9.97 Å². The molecule has 4 aliphatic heterocycles. The fourth-order valence-electron chi connectivity index (χ4n) is 10.9. The zero-order chi connectivity index (χ0) is 56.9. The van der Waals surface area contributed by atoms with Gasteiger partial charge in [-0.1, -0.05) is 61.2 Å². The maximum absolute atomic E-state index is 12.7. The molecule has 9 heterocycles. The number of amides is 5. The number of hydrogen-bond donors (Lipinski definition) is 2. The number of benzene rings is 3. The molecule has 424 valence electrons. The molecular formula is C64H68ClN9O8. The number of furan rings is 3. The van der Waals surface area contributed by atoms with Crippen molar-refractivity contribution >= 4 is 98.6 Å². The molecule has 8 aromatic rings. The minimum atomic E-state index is -0.118. The molecule has 0 radical (unpaired) electrons. The average molecular weight is 1130 g/mol. The van der Waals surface area contributed by atoms with Crippen LogP contribution in [-0.2, 0) is 56.7 Å². The van der Waals surface area contributed by atoms with Crippen LogP contribution in [-0.4, -0.2) is 110 Å². The molecule has 0 bridgehead atoms. The number of aryl methyl sites for hydroxylation is 3. The number of hydrogen-bond acceptors (Lipinski definition) is 12. The van der Waals surface area contributed by atoms with Gasteiger partial charge in [0.15, 0.2) is 0 Å². The summed E-state index contributed by atoms with van der Waals surface area (Å²) in [5.74, 6) is 3.34. The first-order chi connectivity index (χ1) is 39.1. The van der Waals surface area contributed by atoms with Crippen LogP contribution in [0.4, 0.5) is 11.6 Å². The van der Waals surface area contributed by atoms with Gasteiger partial charge in [-0.15, -0.1) is 12.4 Å². The van der Waals surface area contributed by atoms with Crippen molar-refractivity contribution in [3.05, 3.63) is 178 Å². The van der Waals surface area contributed by atoms with Gasteiger partial charge in [-0.05, 0) is 119 Å². The monoisotopic (exact) mass is 1130 g/mol. The quantitative estimate of drug-likeness (QED) is 0.117. The zero-order valence-electron chi connectivity index (χ0n) is 47.1. The number of nitrogens with one attached hydrogen (secondary N) is 2. The van der Waals surface area contributed by atoms with Crippen LogP contribution in [0.3, 0.4) is 0 Å². The van der Waals surface area contributed by atoms with Gasteiger partial charge < -0.3 is 38.6 Å². The van der Waals surface area contributed by atoms with Crippen molar-refractivity contribution < 1.29 is 37.2 Å². The molecule has 5 amide bonds. The lowest BCUT2D eigenvalue weighted by Gasteiger charge is -2.19. The molecule has 3 aromatic carbocycles. The number of carbonyl (C=O) groups is 5. The van der Waals surface area contributed by atoms with E-state index in [1.54, 1.807) is 72.5 Å². The van der Waals surface area contributed by atoms with Crippen LogP contribution in [0, 0.1) is 20.8 Å². The van der Waals surface area contributed by atoms with Gasteiger partial charge in [-0.2, -0.15) is 0 Å². The first-order valence-corrected chi connectivity index (χ1v) is 27.3. The Balaban J connectivity index is 0.000000155. The molecule has 0 saturated carbocycles. The predicted octanol–water partition coefficient (Wildman–Crippen LogP) is 10.8. The first-order valence-electron chi connectivity index (χ1n) is 27.3. The van der Waals surface area contributed by atoms with Crippen molar-refractivity contribution in [3.63, 3.8) is 0 Å². The van der Waals surface area contributed by atoms with Crippen LogP contribution in [0.1, 0.15) is 81.9 Å². The highest BCUT2D eigenvalue weighted by Crippen LogP contribution is 2.32. The molecule has 2 N–H and O–H groups in total. The van der Waals surface area contributed by atoms with E-state index in [1.165, 1.54) is 6.08 Å². The standard InChI is InChI=1S/2C25H26N4O3.C14H15NO2.ClH/c2*1-16-19-6-3-4-8-21(19)32-22(16)15-28(2)23(30)10-9-17-12-18-14-29-11-5-7-20(29)25(31)27-24(18)26-13-17;1-4-14(16)15(3)9-13-10(2)11-7-5-6-8-12(11)17-13;/h2*3-4,6,8-10,12-13,20H,5,7,11,14-15H2,1-2H3,(H,26,27,31);4-8H,1,9H2,2-3H3;1H/b2*10-9+;;/t2*20-;;/m00../s1. The molecule has 0 spiro atoms. The highest BCUT2D eigenvalue weighted by molar-refractivity contribution is 5.97. The van der Waals surface area contributed by atoms with E-state index in [1.807, 2.05) is 106 Å². The highest BCUT2D eigenvalue weighted by atomic mass is 35.5. The number of anilines is 2. The van der Waals surface area contributed by atoms with Gasteiger partial charge in [0.25, 0.3) is 0 Å². The fraction of sp³-hybridized carbons (Fsp3) is 0.297. The molecular weight excluding hydrogens is 1060 g/mol. The molecule has 0 unspecified atom stereocenters. The summed E-state index contributed by atoms with van der Waals surface area (Å²) in [5.41, 5.74) is 9.34. The topological polar surface area (TPSA) is 191 Å². The summed E-state index contributed by atoms with van der Waals surface area (Å²) < 4.78 is 17.6. The van der Waals surface area contributed by atoms with Crippen molar-refractivity contribution in [3.8, 4) is 0 Å². The number of carbonyl (C=O) groups excluding carboxylic acids is 5. The molecule has 12 rings (SSSR count). The van der Waals surface area contributed by atoms with E-state index < -0.39 is 0 Å². The van der Waals surface area contributed by atoms with Crippen LogP contribution in [0.2, 0.25) is 0 Å². The number of likely N-dealkylation sites (N-methyl/N-ethyl adjacent to an activating group) is 3. The predicted molar refractivity (Wildman–Crippen MR) is 320 cm³/mol. The summed E-state index contributed by atoms with van der Waals surface area (Å²) >= 11 is 0. The van der Waals surface area contributed by atoms with E-state index in [-0.39, 0.29) is 54.0 Å². The van der Waals surface area contributed by atoms with Crippen LogP contribution >= 0.6 is 12.4 Å². The molecule has 2 atom stereocenters. The zero-order valence-corrected chi connectivity index (χ0v) is 47.9. The number of fused-ring (bicyclic) bond motifs is 7. The molecule has 5 aromatic heterocycles. The third-order valence-electron chi connectivity index (χ3n) is 15.6. The maximum atomic E-state index is 12.7. The van der Waals surface area contributed by atoms with Crippen LogP contribution in [0.5, 0.6) is 0 Å². The van der Waals surface area contributed by atoms with Gasteiger partial charge in [0.1, 0.15) is 45.7 Å². The Morgan fingerprint density at radius 1 is 0.585 bits per heavy atom. The summed E-state index contributed by atoms with van der Waals surface area (Å²) in [4.78, 5) is 79.7. The van der Waals surface area contributed by atoms with Gasteiger partial charge in [0, 0.05) is 103 Å². The number of nitrogens with zero attached hydrogens (tertiary/aromatic N) is 7. The maximum Gasteiger partial charge on any atom is 0.246 e. The van der Waals surface area contributed by atoms with Crippen LogP contribution in [0.15, 0.2) is 135 Å². The molecule has 0 aliphatic carbocycles. The smallest absolute Gasteiger partial charge is 0.246 e. The van der Waals surface area contributed by atoms with Crippen molar-refractivity contribution in [2.24, 2.45) is 0 Å². The largest absolute Gasteiger partial charge is 0.459 e. The van der Waals surface area contributed by atoms with Gasteiger partial charge >= 0.3 is 0 Å². The van der Waals surface area contributed by atoms with Crippen molar-refractivity contribution in [1.29, 1.82) is 0 Å². The van der Waals surface area contributed by atoms with E-state index >= 15 is 0 Å². The Bertz CT molecular complexity index is 3590. The van der Waals surface area contributed by atoms with Crippen molar-refractivity contribution in [2.45, 2.75) is 91.3 Å². The van der Waals surface area contributed by atoms with Gasteiger partial charge in [-0.3, -0.25) is 33.8 Å². The summed E-state index contributed by atoms with van der Waals surface area (Å²) in [7, 11) is 5.26. The fourth-order valence-corrected chi connectivity index (χ4v) is 10.9. The summed E-state index contributed by atoms with van der Waals surface area (Å²) in [5, 5.41) is 9.13. The SMILES string of the molecule is C=CC(=O)N(C)Cc1oc2ccccc2c1C.Cc1c(CN(C)C(=O)/C=C/c2cnc3c(c2)CN2CCC[C@H]2C(=O)N3)oc2ccccc12.Cc1c(CN(C)C(=O)/C=C/c2cnc3c(c2)CN2CCC[C@H]2C(=O)N3)oc2ccccc12.Cl. The van der Waals surface area contributed by atoms with Gasteiger partial charge in [0.05, 0.1) is 31.7 Å². The molecule has 17 nitrogen and oxygen atoms in total. The van der Waals surface area contributed by atoms with E-state index in [4.69, 9.17) is 13.3 Å². The number of aromatic nitrogens is 2. The molecule has 4 aliphatic rings. The molecule has 2 fully saturated rings. The number of halogens is 1. The third kappa shape index (κ3) is 12.8. The number of para-hydroxylation sites is 3. The number of rotatable bonds is 11. The van der Waals surface area contributed by atoms with Gasteiger partial charge in [0.2, 0.25) is 29.5 Å². The average Bonchev–Trinajstić information content (AvgIpc) is 4.52. The Morgan fingerprint density at radius 3 is 1.29 bits per heavy atom. The summed E-state index contributed by atoms with van der Waals surface area (Å²) in [6.07, 6.45) is 15.2. The second kappa shape index (κ2) is 25.4. The third-order valence-corrected chi connectivity index (χ3v) is 15.6. The minimum absolute atomic E-state index is 0. The molecule has 82 heavy (non-hydrogen) atoms. The van der Waals surface area contributed by atoms with Crippen LogP contribution in [0.25, 0.3) is 45.1 Å². The summed E-state index contributed by atoms with van der Waals surface area (Å²) in [6.45, 7) is 14.0. The first kappa shape index (κ1) is 58.0. The van der Waals surface area contributed by atoms with E-state index in [9.17, 15) is 24.0 Å². The second-order valence-corrected chi connectivity index (χ2v) is 21.2.